The summed E-state index contributed by atoms with van der Waals surface area (Å²) in [5.74, 6) is 0. The van der Waals surface area contributed by atoms with Crippen LogP contribution in [0.15, 0.2) is 16.7 Å². The molecule has 0 unspecified atom stereocenters. The Labute approximate surface area is 172 Å². The van der Waals surface area contributed by atoms with Gasteiger partial charge in [-0.1, -0.05) is 0 Å². The van der Waals surface area contributed by atoms with Gasteiger partial charge in [0.05, 0.1) is 0 Å². The van der Waals surface area contributed by atoms with Crippen LogP contribution in [-0.2, 0) is 11.2 Å². The van der Waals surface area contributed by atoms with Gasteiger partial charge in [0.2, 0.25) is 0 Å². The predicted octanol–water partition coefficient (Wildman–Crippen LogP) is 5.60. The van der Waals surface area contributed by atoms with Gasteiger partial charge in [0.15, 0.2) is 0 Å². The Morgan fingerprint density at radius 1 is 0.889 bits per heavy atom. The number of ether oxygens (including phenoxy) is 1. The number of hydrogen-bond acceptors (Lipinski definition) is 3. The number of aryl methyl sites for hydroxylation is 1. The molecule has 1 saturated heterocycles. The third-order valence-electron chi connectivity index (χ3n) is 6.28. The summed E-state index contributed by atoms with van der Waals surface area (Å²) in [5.41, 5.74) is 1.57. The second-order valence-electron chi connectivity index (χ2n) is 8.42. The van der Waals surface area contributed by atoms with E-state index in [-0.39, 0.29) is 0 Å². The van der Waals surface area contributed by atoms with E-state index in [4.69, 9.17) is 9.15 Å². The van der Waals surface area contributed by atoms with Gasteiger partial charge in [-0.25, -0.2) is 0 Å². The molecule has 1 fully saturated rings. The van der Waals surface area contributed by atoms with Crippen LogP contribution in [0.4, 0.5) is 0 Å². The fourth-order valence-corrected chi connectivity index (χ4v) is 20.9. The Balaban J connectivity index is 2.07. The van der Waals surface area contributed by atoms with Crippen LogP contribution in [0.5, 0.6) is 0 Å². The first-order valence-electron chi connectivity index (χ1n) is 11.6. The van der Waals surface area contributed by atoms with Crippen molar-refractivity contribution in [3.63, 3.8) is 0 Å². The van der Waals surface area contributed by atoms with E-state index < -0.39 is 18.4 Å². The van der Waals surface area contributed by atoms with Gasteiger partial charge < -0.3 is 0 Å². The van der Waals surface area contributed by atoms with Gasteiger partial charge in [0.25, 0.3) is 0 Å². The van der Waals surface area contributed by atoms with Crippen molar-refractivity contribution in [1.29, 1.82) is 0 Å². The van der Waals surface area contributed by atoms with Crippen molar-refractivity contribution in [2.75, 3.05) is 32.8 Å². The molecule has 0 spiro atoms. The molecular formula is C23H43NO2Sn. The maximum atomic E-state index is 6.32. The molecule has 0 amide bonds. The van der Waals surface area contributed by atoms with Crippen LogP contribution in [0.2, 0.25) is 13.3 Å². The van der Waals surface area contributed by atoms with Gasteiger partial charge in [0, 0.05) is 0 Å². The molecule has 0 atom stereocenters. The van der Waals surface area contributed by atoms with Gasteiger partial charge in [-0.2, -0.15) is 0 Å². The molecule has 0 saturated carbocycles. The molecule has 0 aliphatic carbocycles. The molecule has 0 bridgehead atoms. The first-order chi connectivity index (χ1) is 13.3. The summed E-state index contributed by atoms with van der Waals surface area (Å²) in [5, 5.41) is 0. The average molecular weight is 484 g/mol. The molecule has 1 aliphatic heterocycles. The SMILES string of the molecule is CCC[CH2][Sn]([CH2]CCC)([CH2]CCC)[c]1occc1CCCN1CCOCC1. The molecule has 0 radical (unpaired) electrons. The first-order valence-corrected chi connectivity index (χ1v) is 19.1. The fraction of sp³-hybridized carbons (Fsp3) is 0.826. The molecule has 2 rings (SSSR count). The summed E-state index contributed by atoms with van der Waals surface area (Å²) in [4.78, 5) is 2.56. The van der Waals surface area contributed by atoms with Crippen molar-refractivity contribution in [2.45, 2.75) is 85.4 Å². The Kier molecular flexibility index (Phi) is 11.4. The van der Waals surface area contributed by atoms with Crippen LogP contribution >= 0.6 is 0 Å². The summed E-state index contributed by atoms with van der Waals surface area (Å²) in [7, 11) is 0. The van der Waals surface area contributed by atoms with Crippen molar-refractivity contribution in [3.05, 3.63) is 17.9 Å². The molecule has 4 heteroatoms. The van der Waals surface area contributed by atoms with Crippen molar-refractivity contribution < 1.29 is 9.15 Å². The van der Waals surface area contributed by atoms with E-state index in [1.165, 1.54) is 71.2 Å². The first kappa shape index (κ1) is 23.3. The molecule has 27 heavy (non-hydrogen) atoms. The van der Waals surface area contributed by atoms with E-state index in [2.05, 4.69) is 31.7 Å². The molecule has 3 nitrogen and oxygen atoms in total. The second-order valence-corrected chi connectivity index (χ2v) is 21.3. The Bertz CT molecular complexity index is 475. The average Bonchev–Trinajstić information content (AvgIpc) is 3.18. The van der Waals surface area contributed by atoms with Crippen LogP contribution in [-0.4, -0.2) is 56.1 Å². The molecular weight excluding hydrogens is 441 g/mol. The van der Waals surface area contributed by atoms with Gasteiger partial charge in [0.1, 0.15) is 0 Å². The molecule has 2 heterocycles. The third-order valence-corrected chi connectivity index (χ3v) is 21.5. The molecule has 0 N–H and O–H groups in total. The second kappa shape index (κ2) is 13.3. The van der Waals surface area contributed by atoms with Crippen molar-refractivity contribution in [2.24, 2.45) is 0 Å². The minimum absolute atomic E-state index is 0.904. The van der Waals surface area contributed by atoms with Crippen LogP contribution < -0.4 is 3.78 Å². The van der Waals surface area contributed by atoms with Crippen molar-refractivity contribution >= 4 is 22.2 Å². The number of unbranched alkanes of at least 4 members (excludes halogenated alkanes) is 3. The van der Waals surface area contributed by atoms with Gasteiger partial charge >= 0.3 is 172 Å². The van der Waals surface area contributed by atoms with Gasteiger partial charge in [-0.3, -0.25) is 0 Å². The minimum atomic E-state index is -2.43. The van der Waals surface area contributed by atoms with E-state index >= 15 is 0 Å². The topological polar surface area (TPSA) is 25.6 Å². The number of hydrogen-bond donors (Lipinski definition) is 0. The number of nitrogens with zero attached hydrogens (tertiary/aromatic N) is 1. The Morgan fingerprint density at radius 3 is 2.04 bits per heavy atom. The predicted molar refractivity (Wildman–Crippen MR) is 119 cm³/mol. The molecule has 1 aliphatic rings. The van der Waals surface area contributed by atoms with E-state index in [9.17, 15) is 0 Å². The van der Waals surface area contributed by atoms with E-state index in [1.807, 2.05) is 6.26 Å². The fourth-order valence-electron chi connectivity index (χ4n) is 4.58. The summed E-state index contributed by atoms with van der Waals surface area (Å²) in [6, 6.07) is 2.31. The molecule has 1 aromatic rings. The number of rotatable bonds is 14. The quantitative estimate of drug-likeness (QED) is 0.322. The van der Waals surface area contributed by atoms with E-state index in [0.717, 1.165) is 26.3 Å². The van der Waals surface area contributed by atoms with Crippen LogP contribution in [0.3, 0.4) is 0 Å². The monoisotopic (exact) mass is 485 g/mol. The zero-order chi connectivity index (χ0) is 19.4. The zero-order valence-corrected chi connectivity index (χ0v) is 21.1. The Morgan fingerprint density at radius 2 is 1.48 bits per heavy atom. The molecule has 0 aromatic carbocycles. The number of furan rings is 1. The Hall–Kier alpha value is -0.00130. The normalized spacial score (nSPS) is 16.1. The van der Waals surface area contributed by atoms with Crippen LogP contribution in [0.25, 0.3) is 0 Å². The van der Waals surface area contributed by atoms with Crippen molar-refractivity contribution in [3.8, 4) is 0 Å². The summed E-state index contributed by atoms with van der Waals surface area (Å²) < 4.78 is 17.8. The van der Waals surface area contributed by atoms with Crippen molar-refractivity contribution in [1.82, 2.24) is 4.90 Å². The standard InChI is InChI=1S/C11H16NO2.3C4H9.Sn/c1(2-11-3-7-14-10-11)4-12-5-8-13-9-6-12;3*1-3-4-2;/h3,7H,1-2,4-6,8-9H2;3*1,3-4H2,2H3;. The van der Waals surface area contributed by atoms with Gasteiger partial charge in [-0.05, 0) is 0 Å². The van der Waals surface area contributed by atoms with E-state index in [0.29, 0.717) is 0 Å². The van der Waals surface area contributed by atoms with Crippen LogP contribution in [0, 0.1) is 0 Å². The van der Waals surface area contributed by atoms with E-state index in [1.54, 1.807) is 9.34 Å². The molecule has 156 valence electrons. The summed E-state index contributed by atoms with van der Waals surface area (Å²) >= 11 is -2.43. The third kappa shape index (κ3) is 7.39. The summed E-state index contributed by atoms with van der Waals surface area (Å²) in [6.45, 7) is 12.3. The van der Waals surface area contributed by atoms with Crippen LogP contribution in [0.1, 0.15) is 71.3 Å². The number of morpholine rings is 1. The molecule has 1 aromatic heterocycles. The maximum absolute atomic E-state index is 6.32. The van der Waals surface area contributed by atoms with Gasteiger partial charge in [-0.15, -0.1) is 0 Å². The summed E-state index contributed by atoms with van der Waals surface area (Å²) in [6.07, 6.45) is 12.6. The zero-order valence-electron chi connectivity index (χ0n) is 18.2.